The van der Waals surface area contributed by atoms with Crippen LogP contribution in [0.1, 0.15) is 24.1 Å². The Kier molecular flexibility index (Phi) is 6.79. The first-order valence-electron chi connectivity index (χ1n) is 9.36. The zero-order chi connectivity index (χ0) is 19.9. The first-order valence-corrected chi connectivity index (χ1v) is 9.36. The lowest BCUT2D eigenvalue weighted by atomic mass is 10.1. The van der Waals surface area contributed by atoms with E-state index in [4.69, 9.17) is 4.74 Å². The molecule has 0 aliphatic carbocycles. The monoisotopic (exact) mass is 384 g/mol. The van der Waals surface area contributed by atoms with E-state index in [9.17, 15) is 14.3 Å². The van der Waals surface area contributed by atoms with Crippen LogP contribution in [0.3, 0.4) is 0 Å². The van der Waals surface area contributed by atoms with Gasteiger partial charge in [-0.3, -0.25) is 4.79 Å². The molecule has 0 saturated carbocycles. The van der Waals surface area contributed by atoms with E-state index in [0.717, 1.165) is 23.4 Å². The summed E-state index contributed by atoms with van der Waals surface area (Å²) in [5.41, 5.74) is 2.80. The summed E-state index contributed by atoms with van der Waals surface area (Å²) in [5.74, 6) is -0.519. The zero-order valence-corrected chi connectivity index (χ0v) is 15.8. The molecule has 0 spiro atoms. The number of amides is 1. The van der Waals surface area contributed by atoms with Crippen LogP contribution in [0.2, 0.25) is 0 Å². The number of aliphatic hydroxyl groups excluding tert-OH is 1. The molecular weight excluding hydrogens is 359 g/mol. The van der Waals surface area contributed by atoms with E-state index in [1.165, 1.54) is 18.2 Å². The second kappa shape index (κ2) is 9.48. The van der Waals surface area contributed by atoms with Crippen molar-refractivity contribution in [3.63, 3.8) is 0 Å². The van der Waals surface area contributed by atoms with Gasteiger partial charge in [-0.25, -0.2) is 4.39 Å². The van der Waals surface area contributed by atoms with Gasteiger partial charge >= 0.3 is 0 Å². The molecular formula is C22H25FN2O3. The Labute approximate surface area is 164 Å². The number of anilines is 1. The highest BCUT2D eigenvalue weighted by Crippen LogP contribution is 2.22. The molecule has 1 unspecified atom stereocenters. The standard InChI is InChI=1S/C22H25FN2O3/c1-16(24-22(27)10-7-17-5-8-19(23)9-6-17)18-3-2-4-20(13-18)25-11-12-28-21(14-25)15-26/h2-10,13,16,21,26H,11-12,14-15H2,1H3,(H,24,27)/t16-,21?/m1/s1. The predicted molar refractivity (Wildman–Crippen MR) is 107 cm³/mol. The third-order valence-electron chi connectivity index (χ3n) is 4.73. The minimum Gasteiger partial charge on any atom is -0.394 e. The van der Waals surface area contributed by atoms with E-state index in [2.05, 4.69) is 10.2 Å². The van der Waals surface area contributed by atoms with Gasteiger partial charge in [0.25, 0.3) is 0 Å². The average Bonchev–Trinajstić information content (AvgIpc) is 2.73. The lowest BCUT2D eigenvalue weighted by Crippen LogP contribution is -2.44. The number of carbonyl (C=O) groups is 1. The number of aliphatic hydroxyl groups is 1. The zero-order valence-electron chi connectivity index (χ0n) is 15.8. The highest BCUT2D eigenvalue weighted by molar-refractivity contribution is 5.92. The second-order valence-electron chi connectivity index (χ2n) is 6.83. The van der Waals surface area contributed by atoms with Crippen LogP contribution in [0, 0.1) is 5.82 Å². The number of morpholine rings is 1. The second-order valence-corrected chi connectivity index (χ2v) is 6.83. The molecule has 0 aromatic heterocycles. The van der Waals surface area contributed by atoms with Gasteiger partial charge in [0, 0.05) is 24.9 Å². The van der Waals surface area contributed by atoms with E-state index in [1.54, 1.807) is 18.2 Å². The van der Waals surface area contributed by atoms with Crippen molar-refractivity contribution < 1.29 is 19.0 Å². The van der Waals surface area contributed by atoms with Crippen LogP contribution in [-0.4, -0.2) is 43.4 Å². The van der Waals surface area contributed by atoms with Crippen molar-refractivity contribution in [2.45, 2.75) is 19.1 Å². The minimum absolute atomic E-state index is 0.00302. The summed E-state index contributed by atoms with van der Waals surface area (Å²) >= 11 is 0. The van der Waals surface area contributed by atoms with E-state index in [-0.39, 0.29) is 30.5 Å². The van der Waals surface area contributed by atoms with Crippen molar-refractivity contribution >= 4 is 17.7 Å². The van der Waals surface area contributed by atoms with Crippen LogP contribution in [-0.2, 0) is 9.53 Å². The predicted octanol–water partition coefficient (Wildman–Crippen LogP) is 2.91. The highest BCUT2D eigenvalue weighted by Gasteiger charge is 2.20. The SMILES string of the molecule is C[C@@H](NC(=O)C=Cc1ccc(F)cc1)c1cccc(N2CCOC(CO)C2)c1. The molecule has 1 amide bonds. The Morgan fingerprint density at radius 3 is 2.89 bits per heavy atom. The number of rotatable bonds is 6. The summed E-state index contributed by atoms with van der Waals surface area (Å²) < 4.78 is 18.4. The Morgan fingerprint density at radius 2 is 2.14 bits per heavy atom. The van der Waals surface area contributed by atoms with Crippen LogP contribution in [0.4, 0.5) is 10.1 Å². The van der Waals surface area contributed by atoms with Crippen molar-refractivity contribution in [1.82, 2.24) is 5.32 Å². The van der Waals surface area contributed by atoms with Crippen LogP contribution in [0.5, 0.6) is 0 Å². The topological polar surface area (TPSA) is 61.8 Å². The van der Waals surface area contributed by atoms with Gasteiger partial charge in [0.15, 0.2) is 0 Å². The van der Waals surface area contributed by atoms with Crippen molar-refractivity contribution in [3.8, 4) is 0 Å². The van der Waals surface area contributed by atoms with Gasteiger partial charge in [-0.15, -0.1) is 0 Å². The maximum absolute atomic E-state index is 12.9. The van der Waals surface area contributed by atoms with Gasteiger partial charge in [-0.1, -0.05) is 24.3 Å². The van der Waals surface area contributed by atoms with Crippen LogP contribution < -0.4 is 10.2 Å². The lowest BCUT2D eigenvalue weighted by Gasteiger charge is -2.34. The number of halogens is 1. The van der Waals surface area contributed by atoms with Crippen molar-refractivity contribution in [3.05, 3.63) is 71.6 Å². The molecule has 28 heavy (non-hydrogen) atoms. The van der Waals surface area contributed by atoms with Gasteiger partial charge in [0.05, 0.1) is 25.4 Å². The number of ether oxygens (including phenoxy) is 1. The minimum atomic E-state index is -0.305. The molecule has 0 radical (unpaired) electrons. The van der Waals surface area contributed by atoms with Crippen LogP contribution >= 0.6 is 0 Å². The molecule has 1 aliphatic heterocycles. The number of hydrogen-bond donors (Lipinski definition) is 2. The molecule has 6 heteroatoms. The molecule has 148 valence electrons. The van der Waals surface area contributed by atoms with Gasteiger partial charge < -0.3 is 20.1 Å². The average molecular weight is 384 g/mol. The number of carbonyl (C=O) groups excluding carboxylic acids is 1. The highest BCUT2D eigenvalue weighted by atomic mass is 19.1. The van der Waals surface area contributed by atoms with Gasteiger partial charge in [-0.05, 0) is 48.4 Å². The van der Waals surface area contributed by atoms with Crippen molar-refractivity contribution in [2.24, 2.45) is 0 Å². The number of nitrogens with one attached hydrogen (secondary N) is 1. The molecule has 2 N–H and O–H groups in total. The molecule has 5 nitrogen and oxygen atoms in total. The van der Waals surface area contributed by atoms with E-state index in [1.807, 2.05) is 31.2 Å². The Hall–Kier alpha value is -2.70. The molecule has 3 rings (SSSR count). The van der Waals surface area contributed by atoms with E-state index in [0.29, 0.717) is 13.2 Å². The van der Waals surface area contributed by atoms with Crippen molar-refractivity contribution in [2.75, 3.05) is 31.2 Å². The molecule has 2 atom stereocenters. The fourth-order valence-corrected chi connectivity index (χ4v) is 3.15. The Bertz CT molecular complexity index is 823. The summed E-state index contributed by atoms with van der Waals surface area (Å²) in [6.45, 7) is 3.92. The van der Waals surface area contributed by atoms with Gasteiger partial charge in [-0.2, -0.15) is 0 Å². The van der Waals surface area contributed by atoms with Crippen molar-refractivity contribution in [1.29, 1.82) is 0 Å². The molecule has 1 saturated heterocycles. The fourth-order valence-electron chi connectivity index (χ4n) is 3.15. The number of hydrogen-bond acceptors (Lipinski definition) is 4. The Morgan fingerprint density at radius 1 is 1.36 bits per heavy atom. The maximum Gasteiger partial charge on any atom is 0.244 e. The normalized spacial score (nSPS) is 18.2. The van der Waals surface area contributed by atoms with Gasteiger partial charge in [0.2, 0.25) is 5.91 Å². The molecule has 1 aliphatic rings. The van der Waals surface area contributed by atoms with E-state index >= 15 is 0 Å². The molecule has 2 aromatic rings. The summed E-state index contributed by atoms with van der Waals surface area (Å²) in [6, 6.07) is 13.8. The molecule has 1 heterocycles. The van der Waals surface area contributed by atoms with Crippen LogP contribution in [0.25, 0.3) is 6.08 Å². The lowest BCUT2D eigenvalue weighted by molar-refractivity contribution is -0.117. The summed E-state index contributed by atoms with van der Waals surface area (Å²) in [5, 5.41) is 12.3. The fraction of sp³-hybridized carbons (Fsp3) is 0.318. The largest absolute Gasteiger partial charge is 0.394 e. The molecule has 1 fully saturated rings. The number of benzene rings is 2. The number of nitrogens with zero attached hydrogens (tertiary/aromatic N) is 1. The summed E-state index contributed by atoms with van der Waals surface area (Å²) in [7, 11) is 0. The Balaban J connectivity index is 1.61. The third kappa shape index (κ3) is 5.41. The summed E-state index contributed by atoms with van der Waals surface area (Å²) in [6.07, 6.45) is 2.92. The molecule has 0 bridgehead atoms. The first-order chi connectivity index (χ1) is 13.5. The smallest absolute Gasteiger partial charge is 0.244 e. The van der Waals surface area contributed by atoms with E-state index < -0.39 is 0 Å². The quantitative estimate of drug-likeness (QED) is 0.752. The van der Waals surface area contributed by atoms with Crippen LogP contribution in [0.15, 0.2) is 54.6 Å². The maximum atomic E-state index is 12.9. The third-order valence-corrected chi connectivity index (χ3v) is 4.73. The first kappa shape index (κ1) is 20.0. The van der Waals surface area contributed by atoms with Gasteiger partial charge in [0.1, 0.15) is 5.82 Å². The molecule has 2 aromatic carbocycles. The summed E-state index contributed by atoms with van der Waals surface area (Å²) in [4.78, 5) is 14.4.